The molecule has 0 heterocycles. The predicted molar refractivity (Wildman–Crippen MR) is 77.6 cm³/mol. The third-order valence-corrected chi connectivity index (χ3v) is 3.18. The molecule has 1 aromatic carbocycles. The first kappa shape index (κ1) is 15.8. The number of hydrogen-bond donors (Lipinski definition) is 2. The van der Waals surface area contributed by atoms with E-state index in [4.69, 9.17) is 16.3 Å². The van der Waals surface area contributed by atoms with Crippen LogP contribution in [0.15, 0.2) is 18.2 Å². The number of nitrogens with one attached hydrogen (secondary N) is 2. The van der Waals surface area contributed by atoms with E-state index in [9.17, 15) is 4.79 Å². The molecule has 0 radical (unpaired) electrons. The molecule has 19 heavy (non-hydrogen) atoms. The summed E-state index contributed by atoms with van der Waals surface area (Å²) >= 11 is 6.13. The van der Waals surface area contributed by atoms with Gasteiger partial charge in [-0.25, -0.2) is 0 Å². The van der Waals surface area contributed by atoms with Gasteiger partial charge in [0.1, 0.15) is 5.75 Å². The van der Waals surface area contributed by atoms with Crippen molar-refractivity contribution in [2.75, 3.05) is 13.7 Å². The number of halogens is 1. The molecule has 0 aliphatic rings. The van der Waals surface area contributed by atoms with Crippen molar-refractivity contribution in [2.24, 2.45) is 0 Å². The van der Waals surface area contributed by atoms with Gasteiger partial charge in [-0.15, -0.1) is 0 Å². The number of methoxy groups -OCH3 is 1. The molecule has 2 N–H and O–H groups in total. The standard InChI is InChI=1S/C14H21ClN2O2/c1-4-8-16-14(18)10(2)17-9-11-12(15)6-5-7-13(11)19-3/h5-7,10,17H,4,8-9H2,1-3H3,(H,16,18). The number of rotatable bonds is 7. The normalized spacial score (nSPS) is 12.0. The van der Waals surface area contributed by atoms with Crippen LogP contribution in [0.1, 0.15) is 25.8 Å². The topological polar surface area (TPSA) is 50.4 Å². The molecule has 0 spiro atoms. The lowest BCUT2D eigenvalue weighted by molar-refractivity contribution is -0.122. The van der Waals surface area contributed by atoms with Crippen LogP contribution in [0.4, 0.5) is 0 Å². The minimum Gasteiger partial charge on any atom is -0.496 e. The fourth-order valence-electron chi connectivity index (χ4n) is 1.65. The van der Waals surface area contributed by atoms with E-state index < -0.39 is 0 Å². The van der Waals surface area contributed by atoms with Crippen LogP contribution in [0.3, 0.4) is 0 Å². The highest BCUT2D eigenvalue weighted by molar-refractivity contribution is 6.31. The summed E-state index contributed by atoms with van der Waals surface area (Å²) in [6.07, 6.45) is 0.927. The van der Waals surface area contributed by atoms with Gasteiger partial charge in [0, 0.05) is 23.7 Å². The second-order valence-electron chi connectivity index (χ2n) is 4.31. The van der Waals surface area contributed by atoms with Crippen LogP contribution < -0.4 is 15.4 Å². The van der Waals surface area contributed by atoms with Gasteiger partial charge in [-0.1, -0.05) is 24.6 Å². The summed E-state index contributed by atoms with van der Waals surface area (Å²) in [5, 5.41) is 6.62. The third kappa shape index (κ3) is 4.73. The van der Waals surface area contributed by atoms with Crippen molar-refractivity contribution in [2.45, 2.75) is 32.9 Å². The molecule has 0 aromatic heterocycles. The van der Waals surface area contributed by atoms with Crippen molar-refractivity contribution in [1.82, 2.24) is 10.6 Å². The number of carbonyl (C=O) groups excluding carboxylic acids is 1. The lowest BCUT2D eigenvalue weighted by Gasteiger charge is -2.16. The Labute approximate surface area is 119 Å². The molecule has 1 unspecified atom stereocenters. The summed E-state index contributed by atoms with van der Waals surface area (Å²) in [6.45, 7) is 5.03. The molecule has 1 aromatic rings. The number of hydrogen-bond acceptors (Lipinski definition) is 3. The van der Waals surface area contributed by atoms with Gasteiger partial charge >= 0.3 is 0 Å². The first-order chi connectivity index (χ1) is 9.10. The van der Waals surface area contributed by atoms with Crippen molar-refractivity contribution in [3.63, 3.8) is 0 Å². The molecule has 4 nitrogen and oxygen atoms in total. The predicted octanol–water partition coefficient (Wildman–Crippen LogP) is 2.35. The highest BCUT2D eigenvalue weighted by atomic mass is 35.5. The second kappa shape index (κ2) is 8.02. The van der Waals surface area contributed by atoms with Crippen LogP contribution in [0.2, 0.25) is 5.02 Å². The van der Waals surface area contributed by atoms with Crippen LogP contribution in [0, 0.1) is 0 Å². The Balaban J connectivity index is 2.59. The van der Waals surface area contributed by atoms with Gasteiger partial charge in [0.25, 0.3) is 0 Å². The number of ether oxygens (including phenoxy) is 1. The highest BCUT2D eigenvalue weighted by Gasteiger charge is 2.13. The van der Waals surface area contributed by atoms with Crippen LogP contribution in [0.5, 0.6) is 5.75 Å². The van der Waals surface area contributed by atoms with E-state index in [0.29, 0.717) is 18.1 Å². The summed E-state index contributed by atoms with van der Waals surface area (Å²) in [4.78, 5) is 11.7. The maximum absolute atomic E-state index is 11.7. The summed E-state index contributed by atoms with van der Waals surface area (Å²) < 4.78 is 5.26. The van der Waals surface area contributed by atoms with E-state index in [-0.39, 0.29) is 11.9 Å². The van der Waals surface area contributed by atoms with E-state index in [1.165, 1.54) is 0 Å². The molecule has 0 saturated heterocycles. The van der Waals surface area contributed by atoms with E-state index >= 15 is 0 Å². The first-order valence-corrected chi connectivity index (χ1v) is 6.80. The Kier molecular flexibility index (Phi) is 6.67. The zero-order chi connectivity index (χ0) is 14.3. The molecule has 1 atom stereocenters. The first-order valence-electron chi connectivity index (χ1n) is 6.42. The average Bonchev–Trinajstić information content (AvgIpc) is 2.42. The molecule has 0 saturated carbocycles. The minimum absolute atomic E-state index is 0.00660. The number of carbonyl (C=O) groups is 1. The van der Waals surface area contributed by atoms with Gasteiger partial charge in [0.15, 0.2) is 0 Å². The van der Waals surface area contributed by atoms with Gasteiger partial charge < -0.3 is 15.4 Å². The molecule has 5 heteroatoms. The lowest BCUT2D eigenvalue weighted by Crippen LogP contribution is -2.42. The van der Waals surface area contributed by atoms with Crippen molar-refractivity contribution in [1.29, 1.82) is 0 Å². The largest absolute Gasteiger partial charge is 0.496 e. The van der Waals surface area contributed by atoms with Crippen LogP contribution in [-0.2, 0) is 11.3 Å². The maximum Gasteiger partial charge on any atom is 0.236 e. The highest BCUT2D eigenvalue weighted by Crippen LogP contribution is 2.25. The zero-order valence-electron chi connectivity index (χ0n) is 11.6. The Morgan fingerprint density at radius 3 is 2.84 bits per heavy atom. The van der Waals surface area contributed by atoms with Crippen LogP contribution in [-0.4, -0.2) is 25.6 Å². The van der Waals surface area contributed by atoms with Crippen LogP contribution >= 0.6 is 11.6 Å². The van der Waals surface area contributed by atoms with Gasteiger partial charge in [0.2, 0.25) is 5.91 Å². The van der Waals surface area contributed by atoms with Crippen molar-refractivity contribution >= 4 is 17.5 Å². The SMILES string of the molecule is CCCNC(=O)C(C)NCc1c(Cl)cccc1OC. The van der Waals surface area contributed by atoms with Crippen molar-refractivity contribution in [3.05, 3.63) is 28.8 Å². The molecular weight excluding hydrogens is 264 g/mol. The summed E-state index contributed by atoms with van der Waals surface area (Å²) in [7, 11) is 1.60. The van der Waals surface area contributed by atoms with Crippen molar-refractivity contribution in [3.8, 4) is 5.75 Å². The Bertz CT molecular complexity index is 424. The molecule has 0 fully saturated rings. The summed E-state index contributed by atoms with van der Waals surface area (Å²) in [5.41, 5.74) is 0.863. The van der Waals surface area contributed by atoms with E-state index in [0.717, 1.165) is 17.7 Å². The Morgan fingerprint density at radius 2 is 2.21 bits per heavy atom. The minimum atomic E-state index is -0.271. The van der Waals surface area contributed by atoms with E-state index in [2.05, 4.69) is 10.6 Å². The molecule has 1 amide bonds. The molecule has 1 rings (SSSR count). The lowest BCUT2D eigenvalue weighted by atomic mass is 10.2. The monoisotopic (exact) mass is 284 g/mol. The Morgan fingerprint density at radius 1 is 1.47 bits per heavy atom. The summed E-state index contributed by atoms with van der Waals surface area (Å²) in [6, 6.07) is 5.22. The van der Waals surface area contributed by atoms with E-state index in [1.54, 1.807) is 7.11 Å². The third-order valence-electron chi connectivity index (χ3n) is 2.82. The molecule has 0 bridgehead atoms. The van der Waals surface area contributed by atoms with Crippen molar-refractivity contribution < 1.29 is 9.53 Å². The quantitative estimate of drug-likeness (QED) is 0.808. The average molecular weight is 285 g/mol. The smallest absolute Gasteiger partial charge is 0.236 e. The van der Waals surface area contributed by atoms with Gasteiger partial charge in [-0.2, -0.15) is 0 Å². The van der Waals surface area contributed by atoms with Gasteiger partial charge in [-0.05, 0) is 25.5 Å². The molecule has 0 aliphatic carbocycles. The second-order valence-corrected chi connectivity index (χ2v) is 4.72. The fraction of sp³-hybridized carbons (Fsp3) is 0.500. The maximum atomic E-state index is 11.7. The Hall–Kier alpha value is -1.26. The molecular formula is C14H21ClN2O2. The number of amides is 1. The van der Waals surface area contributed by atoms with Gasteiger partial charge in [0.05, 0.1) is 13.2 Å². The molecule has 0 aliphatic heterocycles. The molecule has 106 valence electrons. The van der Waals surface area contributed by atoms with E-state index in [1.807, 2.05) is 32.0 Å². The van der Waals surface area contributed by atoms with Crippen LogP contribution in [0.25, 0.3) is 0 Å². The number of benzene rings is 1. The van der Waals surface area contributed by atoms with Gasteiger partial charge in [-0.3, -0.25) is 4.79 Å². The zero-order valence-corrected chi connectivity index (χ0v) is 12.4. The summed E-state index contributed by atoms with van der Waals surface area (Å²) in [5.74, 6) is 0.717. The fourth-order valence-corrected chi connectivity index (χ4v) is 1.88.